The molecule has 1 aromatic rings. The van der Waals surface area contributed by atoms with Crippen molar-refractivity contribution in [3.8, 4) is 0 Å². The number of hydrogen-bond acceptors (Lipinski definition) is 4. The van der Waals surface area contributed by atoms with E-state index in [2.05, 4.69) is 0 Å². The highest BCUT2D eigenvalue weighted by Crippen LogP contribution is 2.31. The second kappa shape index (κ2) is 6.98. The van der Waals surface area contributed by atoms with Gasteiger partial charge in [-0.05, 0) is 46.1 Å². The Morgan fingerprint density at radius 2 is 1.83 bits per heavy atom. The minimum Gasteiger partial charge on any atom is -0.330 e. The van der Waals surface area contributed by atoms with E-state index >= 15 is 0 Å². The number of carbonyl (C=O) groups is 2. The number of fused-ring (bicyclic) bond motifs is 1. The third kappa shape index (κ3) is 3.39. The van der Waals surface area contributed by atoms with E-state index in [-0.39, 0.29) is 17.8 Å². The van der Waals surface area contributed by atoms with Crippen LogP contribution < -0.4 is 4.90 Å². The Kier molecular flexibility index (Phi) is 5.21. The van der Waals surface area contributed by atoms with Crippen molar-refractivity contribution >= 4 is 23.2 Å². The van der Waals surface area contributed by atoms with E-state index < -0.39 is 16.7 Å². The highest BCUT2D eigenvalue weighted by molar-refractivity contribution is 6.40. The highest BCUT2D eigenvalue weighted by atomic mass is 16.6. The van der Waals surface area contributed by atoms with Gasteiger partial charge in [-0.25, -0.2) is 0 Å². The van der Waals surface area contributed by atoms with Gasteiger partial charge in [0.15, 0.2) is 0 Å². The molecule has 0 saturated heterocycles. The van der Waals surface area contributed by atoms with Crippen molar-refractivity contribution < 1.29 is 14.5 Å². The first-order chi connectivity index (χ1) is 11.2. The standard InChI is InChI=1S/C17H23N3O4/c1-11(2)19(12(3)4)17(22)16(21)18-9-5-6-13-7-8-14(20(23)24)10-15(13)18/h7-8,10-12H,5-6,9H2,1-4H3. The van der Waals surface area contributed by atoms with Crippen molar-refractivity contribution in [1.29, 1.82) is 0 Å². The molecule has 0 spiro atoms. The summed E-state index contributed by atoms with van der Waals surface area (Å²) in [7, 11) is 0. The second-order valence-electron chi connectivity index (χ2n) is 6.53. The SMILES string of the molecule is CC(C)N(C(=O)C(=O)N1CCCc2ccc([N+](=O)[O-])cc21)C(C)C. The van der Waals surface area contributed by atoms with Gasteiger partial charge in [0.2, 0.25) is 0 Å². The van der Waals surface area contributed by atoms with Crippen LogP contribution in [0.5, 0.6) is 0 Å². The molecule has 0 unspecified atom stereocenters. The maximum absolute atomic E-state index is 12.8. The van der Waals surface area contributed by atoms with E-state index in [1.165, 1.54) is 21.9 Å². The first-order valence-electron chi connectivity index (χ1n) is 8.15. The molecule has 1 aliphatic rings. The molecular formula is C17H23N3O4. The maximum atomic E-state index is 12.8. The minimum atomic E-state index is -0.626. The molecule has 0 aliphatic carbocycles. The molecule has 0 atom stereocenters. The number of anilines is 1. The number of rotatable bonds is 3. The van der Waals surface area contributed by atoms with Gasteiger partial charge in [-0.15, -0.1) is 0 Å². The van der Waals surface area contributed by atoms with Crippen LogP contribution in [0.4, 0.5) is 11.4 Å². The third-order valence-electron chi connectivity index (χ3n) is 4.17. The molecule has 7 heteroatoms. The van der Waals surface area contributed by atoms with E-state index in [9.17, 15) is 19.7 Å². The molecule has 1 heterocycles. The summed E-state index contributed by atoms with van der Waals surface area (Å²) in [6.07, 6.45) is 1.47. The summed E-state index contributed by atoms with van der Waals surface area (Å²) < 4.78 is 0. The van der Waals surface area contributed by atoms with Crippen LogP contribution in [0.2, 0.25) is 0 Å². The monoisotopic (exact) mass is 333 g/mol. The fourth-order valence-electron chi connectivity index (χ4n) is 3.18. The van der Waals surface area contributed by atoms with Gasteiger partial charge in [-0.2, -0.15) is 0 Å². The van der Waals surface area contributed by atoms with Gasteiger partial charge < -0.3 is 9.80 Å². The zero-order valence-electron chi connectivity index (χ0n) is 14.5. The Hall–Kier alpha value is -2.44. The van der Waals surface area contributed by atoms with E-state index in [0.29, 0.717) is 12.2 Å². The third-order valence-corrected chi connectivity index (χ3v) is 4.17. The fraction of sp³-hybridized carbons (Fsp3) is 0.529. The van der Waals surface area contributed by atoms with Crippen LogP contribution in [-0.2, 0) is 16.0 Å². The molecule has 2 amide bonds. The lowest BCUT2D eigenvalue weighted by molar-refractivity contribution is -0.384. The maximum Gasteiger partial charge on any atom is 0.316 e. The van der Waals surface area contributed by atoms with Gasteiger partial charge in [0.25, 0.3) is 5.69 Å². The Bertz CT molecular complexity index is 662. The molecule has 0 fully saturated rings. The average molecular weight is 333 g/mol. The number of benzene rings is 1. The molecule has 130 valence electrons. The van der Waals surface area contributed by atoms with Crippen LogP contribution in [0.3, 0.4) is 0 Å². The van der Waals surface area contributed by atoms with Crippen LogP contribution >= 0.6 is 0 Å². The smallest absolute Gasteiger partial charge is 0.316 e. The van der Waals surface area contributed by atoms with Crippen molar-refractivity contribution in [3.05, 3.63) is 33.9 Å². The summed E-state index contributed by atoms with van der Waals surface area (Å²) >= 11 is 0. The second-order valence-corrected chi connectivity index (χ2v) is 6.53. The van der Waals surface area contributed by atoms with Crippen LogP contribution in [0.25, 0.3) is 0 Å². The van der Waals surface area contributed by atoms with E-state index in [4.69, 9.17) is 0 Å². The van der Waals surface area contributed by atoms with Crippen LogP contribution in [0.1, 0.15) is 39.7 Å². The van der Waals surface area contributed by atoms with Gasteiger partial charge in [-0.1, -0.05) is 6.07 Å². The number of nitro groups is 1. The topological polar surface area (TPSA) is 83.8 Å². The zero-order chi connectivity index (χ0) is 18.0. The Morgan fingerprint density at radius 3 is 2.38 bits per heavy atom. The molecule has 1 aromatic carbocycles. The van der Waals surface area contributed by atoms with Gasteiger partial charge in [-0.3, -0.25) is 19.7 Å². The van der Waals surface area contributed by atoms with Crippen molar-refractivity contribution in [1.82, 2.24) is 4.90 Å². The Labute approximate surface area is 141 Å². The van der Waals surface area contributed by atoms with Gasteiger partial charge in [0.05, 0.1) is 10.6 Å². The van der Waals surface area contributed by atoms with E-state index in [1.807, 2.05) is 27.7 Å². The molecule has 24 heavy (non-hydrogen) atoms. The average Bonchev–Trinajstić information content (AvgIpc) is 2.52. The van der Waals surface area contributed by atoms with Crippen molar-refractivity contribution in [2.75, 3.05) is 11.4 Å². The molecular weight excluding hydrogens is 310 g/mol. The molecule has 0 aromatic heterocycles. The summed E-state index contributed by atoms with van der Waals surface area (Å²) in [5.74, 6) is -1.20. The number of hydrogen-bond donors (Lipinski definition) is 0. The van der Waals surface area contributed by atoms with Gasteiger partial charge >= 0.3 is 11.8 Å². The number of non-ortho nitro benzene ring substituents is 1. The summed E-state index contributed by atoms with van der Waals surface area (Å²) in [6.45, 7) is 7.84. The quantitative estimate of drug-likeness (QED) is 0.483. The van der Waals surface area contributed by atoms with E-state index in [1.54, 1.807) is 6.07 Å². The number of carbonyl (C=O) groups excluding carboxylic acids is 2. The minimum absolute atomic E-state index is 0.0783. The van der Waals surface area contributed by atoms with Crippen molar-refractivity contribution in [2.24, 2.45) is 0 Å². The summed E-state index contributed by atoms with van der Waals surface area (Å²) in [6, 6.07) is 4.28. The summed E-state index contributed by atoms with van der Waals surface area (Å²) in [5, 5.41) is 11.0. The number of nitro benzene ring substituents is 1. The largest absolute Gasteiger partial charge is 0.330 e. The van der Waals surface area contributed by atoms with Gasteiger partial charge in [0.1, 0.15) is 0 Å². The Balaban J connectivity index is 2.37. The van der Waals surface area contributed by atoms with E-state index in [0.717, 1.165) is 18.4 Å². The van der Waals surface area contributed by atoms with Crippen molar-refractivity contribution in [3.63, 3.8) is 0 Å². The number of amides is 2. The lowest BCUT2D eigenvalue weighted by Gasteiger charge is -2.34. The van der Waals surface area contributed by atoms with Crippen LogP contribution in [0, 0.1) is 10.1 Å². The normalized spacial score (nSPS) is 13.8. The highest BCUT2D eigenvalue weighted by Gasteiger charge is 2.33. The fourth-order valence-corrected chi connectivity index (χ4v) is 3.18. The summed E-state index contributed by atoms with van der Waals surface area (Å²) in [5.41, 5.74) is 1.25. The predicted molar refractivity (Wildman–Crippen MR) is 90.9 cm³/mol. The molecule has 2 rings (SSSR count). The van der Waals surface area contributed by atoms with Gasteiger partial charge in [0, 0.05) is 30.8 Å². The first-order valence-corrected chi connectivity index (χ1v) is 8.15. The van der Waals surface area contributed by atoms with Crippen LogP contribution in [-0.4, -0.2) is 40.3 Å². The van der Waals surface area contributed by atoms with Crippen molar-refractivity contribution in [2.45, 2.75) is 52.6 Å². The lowest BCUT2D eigenvalue weighted by atomic mass is 10.0. The molecule has 0 saturated carbocycles. The van der Waals surface area contributed by atoms with Crippen LogP contribution in [0.15, 0.2) is 18.2 Å². The summed E-state index contributed by atoms with van der Waals surface area (Å²) in [4.78, 5) is 38.8. The first kappa shape index (κ1) is 17.9. The lowest BCUT2D eigenvalue weighted by Crippen LogP contribution is -2.51. The molecule has 1 aliphatic heterocycles. The number of aryl methyl sites for hydroxylation is 1. The zero-order valence-corrected chi connectivity index (χ0v) is 14.5. The molecule has 0 bridgehead atoms. The molecule has 0 N–H and O–H groups in total. The number of nitrogens with zero attached hydrogens (tertiary/aromatic N) is 3. The Morgan fingerprint density at radius 1 is 1.21 bits per heavy atom. The predicted octanol–water partition coefficient (Wildman–Crippen LogP) is 2.52. The molecule has 0 radical (unpaired) electrons. The molecule has 7 nitrogen and oxygen atoms in total.